The first-order valence-electron chi connectivity index (χ1n) is 6.97. The summed E-state index contributed by atoms with van der Waals surface area (Å²) in [5, 5.41) is 18.3. The van der Waals surface area contributed by atoms with E-state index in [1.54, 1.807) is 23.9 Å². The Bertz CT molecular complexity index is 639. The van der Waals surface area contributed by atoms with Crippen LogP contribution in [0.4, 0.5) is 0 Å². The number of pyridine rings is 1. The van der Waals surface area contributed by atoms with Gasteiger partial charge in [0.1, 0.15) is 5.82 Å². The summed E-state index contributed by atoms with van der Waals surface area (Å²) in [5.41, 5.74) is 1.05. The minimum atomic E-state index is -0.954. The van der Waals surface area contributed by atoms with Gasteiger partial charge in [-0.15, -0.1) is 10.2 Å². The number of thioether (sulfide) groups is 1. The van der Waals surface area contributed by atoms with E-state index < -0.39 is 5.97 Å². The molecule has 0 unspecified atom stereocenters. The Morgan fingerprint density at radius 1 is 1.29 bits per heavy atom. The molecule has 0 saturated carbocycles. The minimum Gasteiger partial charge on any atom is -0.478 e. The Morgan fingerprint density at radius 2 is 2.19 bits per heavy atom. The molecule has 0 saturated heterocycles. The van der Waals surface area contributed by atoms with Crippen molar-refractivity contribution in [3.05, 3.63) is 35.4 Å². The highest BCUT2D eigenvalue weighted by Gasteiger charge is 2.15. The predicted molar refractivity (Wildman–Crippen MR) is 78.3 cm³/mol. The van der Waals surface area contributed by atoms with Gasteiger partial charge in [-0.2, -0.15) is 0 Å². The van der Waals surface area contributed by atoms with Gasteiger partial charge in [-0.1, -0.05) is 18.2 Å². The van der Waals surface area contributed by atoms with Crippen LogP contribution in [0.5, 0.6) is 0 Å². The zero-order chi connectivity index (χ0) is 14.7. The molecule has 0 bridgehead atoms. The fourth-order valence-corrected chi connectivity index (χ4v) is 3.24. The molecule has 6 nitrogen and oxygen atoms in total. The fourth-order valence-electron chi connectivity index (χ4n) is 2.34. The molecule has 0 amide bonds. The van der Waals surface area contributed by atoms with E-state index in [0.29, 0.717) is 5.75 Å². The lowest BCUT2D eigenvalue weighted by Gasteiger charge is -2.06. The number of hydrogen-bond donors (Lipinski definition) is 1. The van der Waals surface area contributed by atoms with Crippen molar-refractivity contribution in [3.63, 3.8) is 0 Å². The smallest absolute Gasteiger partial charge is 0.337 e. The van der Waals surface area contributed by atoms with Crippen LogP contribution in [0.15, 0.2) is 23.5 Å². The van der Waals surface area contributed by atoms with Gasteiger partial charge in [0.25, 0.3) is 0 Å². The van der Waals surface area contributed by atoms with Gasteiger partial charge in [-0.3, -0.25) is 4.98 Å². The van der Waals surface area contributed by atoms with Crippen LogP contribution in [-0.2, 0) is 18.7 Å². The fraction of sp³-hybridized carbons (Fsp3) is 0.429. The Morgan fingerprint density at radius 3 is 2.95 bits per heavy atom. The van der Waals surface area contributed by atoms with Crippen molar-refractivity contribution in [3.8, 4) is 0 Å². The van der Waals surface area contributed by atoms with Crippen LogP contribution in [0.3, 0.4) is 0 Å². The molecule has 0 aromatic carbocycles. The SMILES string of the molecule is O=C(O)c1ccc(CSc2nnc3n2CCCCC3)nc1. The Balaban J connectivity index is 1.67. The van der Waals surface area contributed by atoms with Gasteiger partial charge >= 0.3 is 5.97 Å². The molecule has 3 heterocycles. The molecule has 0 fully saturated rings. The van der Waals surface area contributed by atoms with Crippen LogP contribution in [0.25, 0.3) is 0 Å². The normalized spacial score (nSPS) is 14.5. The summed E-state index contributed by atoms with van der Waals surface area (Å²) in [6.45, 7) is 0.982. The van der Waals surface area contributed by atoms with E-state index in [1.807, 2.05) is 0 Å². The summed E-state index contributed by atoms with van der Waals surface area (Å²) in [6, 6.07) is 3.33. The van der Waals surface area contributed by atoms with E-state index in [1.165, 1.54) is 25.5 Å². The van der Waals surface area contributed by atoms with Crippen molar-refractivity contribution in [1.82, 2.24) is 19.7 Å². The third-order valence-electron chi connectivity index (χ3n) is 3.50. The summed E-state index contributed by atoms with van der Waals surface area (Å²) in [7, 11) is 0. The maximum atomic E-state index is 10.8. The lowest BCUT2D eigenvalue weighted by molar-refractivity contribution is 0.0696. The van der Waals surface area contributed by atoms with E-state index in [4.69, 9.17) is 5.11 Å². The molecule has 0 spiro atoms. The number of carboxylic acid groups (broad SMARTS) is 1. The van der Waals surface area contributed by atoms with Gasteiger partial charge in [0.2, 0.25) is 0 Å². The summed E-state index contributed by atoms with van der Waals surface area (Å²) in [4.78, 5) is 15.0. The zero-order valence-electron chi connectivity index (χ0n) is 11.5. The van der Waals surface area contributed by atoms with Crippen molar-refractivity contribution < 1.29 is 9.90 Å². The number of fused-ring (bicyclic) bond motifs is 1. The summed E-state index contributed by atoms with van der Waals surface area (Å²) in [5.74, 6) is 0.784. The van der Waals surface area contributed by atoms with Gasteiger partial charge in [0.15, 0.2) is 5.16 Å². The van der Waals surface area contributed by atoms with Crippen molar-refractivity contribution >= 4 is 17.7 Å². The van der Waals surface area contributed by atoms with Gasteiger partial charge in [0.05, 0.1) is 11.3 Å². The average Bonchev–Trinajstić information content (AvgIpc) is 2.72. The standard InChI is InChI=1S/C14H16N4O2S/c19-13(20)10-5-6-11(15-8-10)9-21-14-17-16-12-4-2-1-3-7-18(12)14/h5-6,8H,1-4,7,9H2,(H,19,20). The van der Waals surface area contributed by atoms with Crippen LogP contribution in [0.2, 0.25) is 0 Å². The van der Waals surface area contributed by atoms with E-state index in [-0.39, 0.29) is 5.56 Å². The summed E-state index contributed by atoms with van der Waals surface area (Å²) >= 11 is 1.60. The van der Waals surface area contributed by atoms with Crippen molar-refractivity contribution in [2.24, 2.45) is 0 Å². The quantitative estimate of drug-likeness (QED) is 0.874. The molecule has 21 heavy (non-hydrogen) atoms. The Labute approximate surface area is 126 Å². The number of aromatic carboxylic acids is 1. The molecule has 110 valence electrons. The molecule has 0 atom stereocenters. The topological polar surface area (TPSA) is 80.9 Å². The molecule has 1 aliphatic rings. The number of nitrogens with zero attached hydrogens (tertiary/aromatic N) is 4. The molecule has 0 aliphatic carbocycles. The van der Waals surface area contributed by atoms with E-state index in [0.717, 1.165) is 29.6 Å². The molecule has 3 rings (SSSR count). The summed E-state index contributed by atoms with van der Waals surface area (Å²) in [6.07, 6.45) is 5.98. The maximum absolute atomic E-state index is 10.8. The van der Waals surface area contributed by atoms with Crippen molar-refractivity contribution in [2.45, 2.75) is 43.1 Å². The first kappa shape index (κ1) is 14.1. The number of hydrogen-bond acceptors (Lipinski definition) is 5. The second kappa shape index (κ2) is 6.26. The van der Waals surface area contributed by atoms with Crippen LogP contribution in [0.1, 0.15) is 41.1 Å². The Kier molecular flexibility index (Phi) is 4.19. The highest BCUT2D eigenvalue weighted by atomic mass is 32.2. The number of rotatable bonds is 4. The lowest BCUT2D eigenvalue weighted by atomic mass is 10.2. The number of aromatic nitrogens is 4. The number of carbonyl (C=O) groups is 1. The average molecular weight is 304 g/mol. The summed E-state index contributed by atoms with van der Waals surface area (Å²) < 4.78 is 2.20. The maximum Gasteiger partial charge on any atom is 0.337 e. The monoisotopic (exact) mass is 304 g/mol. The lowest BCUT2D eigenvalue weighted by Crippen LogP contribution is -2.02. The number of aryl methyl sites for hydroxylation is 1. The van der Waals surface area contributed by atoms with E-state index in [2.05, 4.69) is 19.7 Å². The first-order chi connectivity index (χ1) is 10.2. The van der Waals surface area contributed by atoms with E-state index >= 15 is 0 Å². The van der Waals surface area contributed by atoms with Crippen LogP contribution in [-0.4, -0.2) is 30.8 Å². The molecule has 0 radical (unpaired) electrons. The van der Waals surface area contributed by atoms with Gasteiger partial charge in [0, 0.05) is 24.9 Å². The van der Waals surface area contributed by atoms with Crippen molar-refractivity contribution in [1.29, 1.82) is 0 Å². The van der Waals surface area contributed by atoms with Crippen LogP contribution < -0.4 is 0 Å². The Hall–Kier alpha value is -1.89. The zero-order valence-corrected chi connectivity index (χ0v) is 12.3. The van der Waals surface area contributed by atoms with Gasteiger partial charge in [-0.25, -0.2) is 4.79 Å². The van der Waals surface area contributed by atoms with Crippen LogP contribution >= 0.6 is 11.8 Å². The third-order valence-corrected chi connectivity index (χ3v) is 4.50. The molecule has 7 heteroatoms. The molecule has 2 aromatic rings. The molecular formula is C14H16N4O2S. The largest absolute Gasteiger partial charge is 0.478 e. The first-order valence-corrected chi connectivity index (χ1v) is 7.96. The second-order valence-corrected chi connectivity index (χ2v) is 5.94. The molecule has 1 N–H and O–H groups in total. The third kappa shape index (κ3) is 3.24. The molecule has 1 aliphatic heterocycles. The minimum absolute atomic E-state index is 0.208. The molecular weight excluding hydrogens is 288 g/mol. The van der Waals surface area contributed by atoms with Gasteiger partial charge in [-0.05, 0) is 25.0 Å². The van der Waals surface area contributed by atoms with Crippen LogP contribution in [0, 0.1) is 0 Å². The van der Waals surface area contributed by atoms with E-state index in [9.17, 15) is 4.79 Å². The predicted octanol–water partition coefficient (Wildman–Crippen LogP) is 2.39. The highest BCUT2D eigenvalue weighted by molar-refractivity contribution is 7.98. The highest BCUT2D eigenvalue weighted by Crippen LogP contribution is 2.24. The van der Waals surface area contributed by atoms with Crippen molar-refractivity contribution in [2.75, 3.05) is 0 Å². The van der Waals surface area contributed by atoms with Gasteiger partial charge < -0.3 is 9.67 Å². The second-order valence-electron chi connectivity index (χ2n) is 4.99. The molecule has 2 aromatic heterocycles. The number of carboxylic acids is 1.